The normalized spacial score (nSPS) is 12.5. The van der Waals surface area contributed by atoms with E-state index in [-0.39, 0.29) is 5.60 Å². The van der Waals surface area contributed by atoms with Crippen molar-refractivity contribution in [1.82, 2.24) is 0 Å². The van der Waals surface area contributed by atoms with Crippen LogP contribution in [-0.2, 0) is 4.74 Å². The lowest BCUT2D eigenvalue weighted by Crippen LogP contribution is -2.28. The maximum Gasteiger partial charge on any atom is 0.0723 e. The average molecular weight is 237 g/mol. The summed E-state index contributed by atoms with van der Waals surface area (Å²) < 4.78 is 5.78. The van der Waals surface area contributed by atoms with Crippen molar-refractivity contribution in [2.24, 2.45) is 5.92 Å². The summed E-state index contributed by atoms with van der Waals surface area (Å²) in [7, 11) is 0. The number of ether oxygens (including phenoxy) is 1. The Kier molecular flexibility index (Phi) is 6.20. The highest BCUT2D eigenvalue weighted by Gasteiger charge is 2.17. The molecule has 0 rings (SSSR count). The molecule has 0 aliphatic rings. The lowest BCUT2D eigenvalue weighted by molar-refractivity contribution is -0.0191. The molecule has 0 spiro atoms. The van der Waals surface area contributed by atoms with E-state index in [4.69, 9.17) is 4.74 Å². The van der Waals surface area contributed by atoms with E-state index < -0.39 is 0 Å². The molecule has 0 saturated carbocycles. The molecule has 0 N–H and O–H groups in total. The molecule has 0 saturated heterocycles. The SMILES string of the molecule is CCC(CC)COC(C)(C)CBr. The van der Waals surface area contributed by atoms with Crippen molar-refractivity contribution in [1.29, 1.82) is 0 Å². The second-order valence-corrected chi connectivity index (χ2v) is 4.45. The second-order valence-electron chi connectivity index (χ2n) is 3.89. The van der Waals surface area contributed by atoms with Gasteiger partial charge in [-0.15, -0.1) is 0 Å². The van der Waals surface area contributed by atoms with Gasteiger partial charge in [-0.2, -0.15) is 0 Å². The summed E-state index contributed by atoms with van der Waals surface area (Å²) in [6, 6.07) is 0. The molecule has 12 heavy (non-hydrogen) atoms. The minimum absolute atomic E-state index is 0.0113. The Labute approximate surface area is 85.0 Å². The van der Waals surface area contributed by atoms with Gasteiger partial charge in [0, 0.05) is 5.33 Å². The summed E-state index contributed by atoms with van der Waals surface area (Å²) in [5.41, 5.74) is -0.0113. The van der Waals surface area contributed by atoms with Crippen LogP contribution in [0.2, 0.25) is 0 Å². The smallest absolute Gasteiger partial charge is 0.0723 e. The van der Waals surface area contributed by atoms with Gasteiger partial charge in [0.25, 0.3) is 0 Å². The van der Waals surface area contributed by atoms with Crippen molar-refractivity contribution < 1.29 is 4.74 Å². The molecule has 0 amide bonds. The lowest BCUT2D eigenvalue weighted by Gasteiger charge is -2.25. The van der Waals surface area contributed by atoms with E-state index in [1.165, 1.54) is 12.8 Å². The molecule has 0 fully saturated rings. The van der Waals surface area contributed by atoms with Crippen LogP contribution in [0.3, 0.4) is 0 Å². The molecular formula is C10H21BrO. The Balaban J connectivity index is 3.65. The van der Waals surface area contributed by atoms with E-state index in [9.17, 15) is 0 Å². The first kappa shape index (κ1) is 12.4. The van der Waals surface area contributed by atoms with Gasteiger partial charge < -0.3 is 4.74 Å². The van der Waals surface area contributed by atoms with E-state index in [0.29, 0.717) is 0 Å². The third-order valence-electron chi connectivity index (χ3n) is 2.19. The fraction of sp³-hybridized carbons (Fsp3) is 1.00. The number of alkyl halides is 1. The van der Waals surface area contributed by atoms with E-state index in [1.54, 1.807) is 0 Å². The van der Waals surface area contributed by atoms with Gasteiger partial charge in [0.05, 0.1) is 12.2 Å². The van der Waals surface area contributed by atoms with E-state index in [1.807, 2.05) is 0 Å². The first-order chi connectivity index (χ1) is 5.55. The van der Waals surface area contributed by atoms with Crippen molar-refractivity contribution in [3.8, 4) is 0 Å². The molecule has 0 bridgehead atoms. The maximum absolute atomic E-state index is 5.78. The summed E-state index contributed by atoms with van der Waals surface area (Å²) in [6.07, 6.45) is 2.43. The van der Waals surface area contributed by atoms with Crippen LogP contribution < -0.4 is 0 Å². The highest BCUT2D eigenvalue weighted by molar-refractivity contribution is 9.09. The molecule has 0 aromatic carbocycles. The lowest BCUT2D eigenvalue weighted by atomic mass is 10.0. The van der Waals surface area contributed by atoms with E-state index in [0.717, 1.165) is 17.9 Å². The van der Waals surface area contributed by atoms with Gasteiger partial charge in [-0.25, -0.2) is 0 Å². The van der Waals surface area contributed by atoms with Crippen molar-refractivity contribution in [3.63, 3.8) is 0 Å². The summed E-state index contributed by atoms with van der Waals surface area (Å²) in [6.45, 7) is 9.57. The molecule has 0 aromatic rings. The van der Waals surface area contributed by atoms with Crippen molar-refractivity contribution in [3.05, 3.63) is 0 Å². The van der Waals surface area contributed by atoms with Gasteiger partial charge in [-0.1, -0.05) is 42.6 Å². The zero-order valence-electron chi connectivity index (χ0n) is 8.69. The molecule has 0 aliphatic carbocycles. The van der Waals surface area contributed by atoms with Crippen LogP contribution in [0.15, 0.2) is 0 Å². The molecule has 1 nitrogen and oxygen atoms in total. The number of halogens is 1. The summed E-state index contributed by atoms with van der Waals surface area (Å²) in [5, 5.41) is 0.903. The van der Waals surface area contributed by atoms with Gasteiger partial charge in [0.1, 0.15) is 0 Å². The Morgan fingerprint density at radius 2 is 1.75 bits per heavy atom. The van der Waals surface area contributed by atoms with Gasteiger partial charge >= 0.3 is 0 Å². The average Bonchev–Trinajstić information content (AvgIpc) is 2.06. The molecule has 0 heterocycles. The fourth-order valence-electron chi connectivity index (χ4n) is 0.906. The third-order valence-corrected chi connectivity index (χ3v) is 3.54. The zero-order valence-corrected chi connectivity index (χ0v) is 10.3. The third kappa shape index (κ3) is 5.15. The minimum Gasteiger partial charge on any atom is -0.374 e. The van der Waals surface area contributed by atoms with Crippen molar-refractivity contribution >= 4 is 15.9 Å². The number of hydrogen-bond acceptors (Lipinski definition) is 1. The Morgan fingerprint density at radius 1 is 1.25 bits per heavy atom. The van der Waals surface area contributed by atoms with Crippen LogP contribution in [0.1, 0.15) is 40.5 Å². The van der Waals surface area contributed by atoms with E-state index in [2.05, 4.69) is 43.6 Å². The highest BCUT2D eigenvalue weighted by Crippen LogP contribution is 2.16. The zero-order chi connectivity index (χ0) is 9.61. The number of hydrogen-bond donors (Lipinski definition) is 0. The van der Waals surface area contributed by atoms with Crippen LogP contribution in [0.4, 0.5) is 0 Å². The number of rotatable bonds is 6. The predicted molar refractivity (Wildman–Crippen MR) is 57.9 cm³/mol. The summed E-state index contributed by atoms with van der Waals surface area (Å²) in [4.78, 5) is 0. The topological polar surface area (TPSA) is 9.23 Å². The first-order valence-corrected chi connectivity index (χ1v) is 5.87. The molecule has 0 aromatic heterocycles. The molecule has 0 radical (unpaired) electrons. The van der Waals surface area contributed by atoms with Crippen LogP contribution in [0.25, 0.3) is 0 Å². The predicted octanol–water partition coefficient (Wildman–Crippen LogP) is 3.61. The molecule has 0 unspecified atom stereocenters. The Hall–Kier alpha value is 0.440. The van der Waals surface area contributed by atoms with Gasteiger partial charge in [0.15, 0.2) is 0 Å². The summed E-state index contributed by atoms with van der Waals surface area (Å²) in [5.74, 6) is 0.725. The van der Waals surface area contributed by atoms with E-state index >= 15 is 0 Å². The monoisotopic (exact) mass is 236 g/mol. The first-order valence-electron chi connectivity index (χ1n) is 4.75. The molecule has 0 aliphatic heterocycles. The quantitative estimate of drug-likeness (QED) is 0.641. The largest absolute Gasteiger partial charge is 0.374 e. The molecule has 0 atom stereocenters. The molecule has 74 valence electrons. The highest BCUT2D eigenvalue weighted by atomic mass is 79.9. The molecule has 2 heteroatoms. The van der Waals surface area contributed by atoms with Crippen LogP contribution in [-0.4, -0.2) is 17.5 Å². The van der Waals surface area contributed by atoms with Crippen LogP contribution in [0.5, 0.6) is 0 Å². The van der Waals surface area contributed by atoms with Crippen molar-refractivity contribution in [2.45, 2.75) is 46.1 Å². The Morgan fingerprint density at radius 3 is 2.08 bits per heavy atom. The van der Waals surface area contributed by atoms with Gasteiger partial charge in [-0.05, 0) is 19.8 Å². The fourth-order valence-corrected chi connectivity index (χ4v) is 1.07. The minimum atomic E-state index is -0.0113. The summed E-state index contributed by atoms with van der Waals surface area (Å²) >= 11 is 3.44. The second kappa shape index (κ2) is 5.98. The van der Waals surface area contributed by atoms with Crippen LogP contribution >= 0.6 is 15.9 Å². The molecular weight excluding hydrogens is 216 g/mol. The Bertz CT molecular complexity index is 108. The standard InChI is InChI=1S/C10H21BrO/c1-5-9(6-2)7-12-10(3,4)8-11/h9H,5-8H2,1-4H3. The maximum atomic E-state index is 5.78. The van der Waals surface area contributed by atoms with Gasteiger partial charge in [-0.3, -0.25) is 0 Å². The van der Waals surface area contributed by atoms with Gasteiger partial charge in [0.2, 0.25) is 0 Å². The van der Waals surface area contributed by atoms with Crippen LogP contribution in [0, 0.1) is 5.92 Å². The van der Waals surface area contributed by atoms with Crippen molar-refractivity contribution in [2.75, 3.05) is 11.9 Å².